The molecule has 0 radical (unpaired) electrons. The van der Waals surface area contributed by atoms with Crippen molar-refractivity contribution in [1.29, 1.82) is 0 Å². The quantitative estimate of drug-likeness (QED) is 0.184. The molecule has 5 nitrogen and oxygen atoms in total. The lowest BCUT2D eigenvalue weighted by Crippen LogP contribution is -2.14. The Labute approximate surface area is 274 Å². The summed E-state index contributed by atoms with van der Waals surface area (Å²) < 4.78 is 0. The summed E-state index contributed by atoms with van der Waals surface area (Å²) in [6.07, 6.45) is 3.67. The van der Waals surface area contributed by atoms with Crippen LogP contribution < -0.4 is 0 Å². The molecule has 5 heteroatoms. The van der Waals surface area contributed by atoms with Crippen LogP contribution in [0.4, 0.5) is 5.69 Å². The van der Waals surface area contributed by atoms with Gasteiger partial charge in [0, 0.05) is 40.1 Å². The van der Waals surface area contributed by atoms with Gasteiger partial charge in [-0.15, -0.1) is 0 Å². The topological polar surface area (TPSA) is 55.9 Å². The number of rotatable bonds is 5. The van der Waals surface area contributed by atoms with Gasteiger partial charge in [0.05, 0.1) is 6.57 Å². The Hall–Kier alpha value is -6.25. The second-order valence-corrected chi connectivity index (χ2v) is 12.3. The van der Waals surface area contributed by atoms with Crippen molar-refractivity contribution in [2.45, 2.75) is 19.3 Å². The molecule has 0 amide bonds. The number of hydrogen-bond acceptors (Lipinski definition) is 4. The van der Waals surface area contributed by atoms with Crippen LogP contribution in [-0.2, 0) is 5.41 Å². The van der Waals surface area contributed by atoms with Gasteiger partial charge in [-0.3, -0.25) is 4.98 Å². The molecular weight excluding hydrogens is 574 g/mol. The highest BCUT2D eigenvalue weighted by molar-refractivity contribution is 5.92. The molecule has 0 aliphatic heterocycles. The maximum Gasteiger partial charge on any atom is 0.195 e. The normalized spacial score (nSPS) is 12.6. The molecule has 222 valence electrons. The van der Waals surface area contributed by atoms with Crippen molar-refractivity contribution in [1.82, 2.24) is 19.9 Å². The summed E-state index contributed by atoms with van der Waals surface area (Å²) in [4.78, 5) is 23.2. The van der Waals surface area contributed by atoms with Crippen LogP contribution in [0.15, 0.2) is 140 Å². The fraction of sp³-hybridized carbons (Fsp3) is 0.0714. The second kappa shape index (κ2) is 11.3. The summed E-state index contributed by atoms with van der Waals surface area (Å²) in [6, 6.07) is 43.3. The highest BCUT2D eigenvalue weighted by atomic mass is 15.0. The minimum atomic E-state index is -0.242. The highest BCUT2D eigenvalue weighted by Crippen LogP contribution is 2.53. The molecule has 0 saturated carbocycles. The molecule has 0 saturated heterocycles. The molecule has 8 rings (SSSR count). The maximum atomic E-state index is 7.81. The first-order valence-corrected chi connectivity index (χ1v) is 15.6. The fourth-order valence-electron chi connectivity index (χ4n) is 6.60. The Balaban J connectivity index is 1.33. The van der Waals surface area contributed by atoms with E-state index in [1.165, 1.54) is 11.1 Å². The molecule has 5 aromatic carbocycles. The number of benzene rings is 5. The average Bonchev–Trinajstić information content (AvgIpc) is 3.38. The molecule has 2 aromatic heterocycles. The average molecular weight is 604 g/mol. The summed E-state index contributed by atoms with van der Waals surface area (Å²) in [6.45, 7) is 12.3. The highest BCUT2D eigenvalue weighted by Gasteiger charge is 2.36. The van der Waals surface area contributed by atoms with Crippen LogP contribution in [0.2, 0.25) is 0 Å². The van der Waals surface area contributed by atoms with Crippen LogP contribution in [0.25, 0.3) is 72.4 Å². The zero-order valence-electron chi connectivity index (χ0n) is 26.0. The van der Waals surface area contributed by atoms with Crippen LogP contribution in [0, 0.1) is 6.57 Å². The van der Waals surface area contributed by atoms with E-state index in [0.29, 0.717) is 23.2 Å². The van der Waals surface area contributed by atoms with Gasteiger partial charge in [-0.1, -0.05) is 111 Å². The van der Waals surface area contributed by atoms with Gasteiger partial charge in [0.25, 0.3) is 0 Å². The largest absolute Gasteiger partial charge is 0.264 e. The number of aromatic nitrogens is 4. The van der Waals surface area contributed by atoms with E-state index in [0.717, 1.165) is 50.1 Å². The predicted molar refractivity (Wildman–Crippen MR) is 189 cm³/mol. The first-order valence-electron chi connectivity index (χ1n) is 15.6. The number of pyridine rings is 1. The molecule has 2 heterocycles. The number of fused-ring (bicyclic) bond motifs is 3. The third kappa shape index (κ3) is 4.97. The standard InChI is InChI=1S/C42H29N5/c1-42(2)35-17-10-18-37(43-3)38(35)34-20-19-29(25-36(34)42)31-22-32(30-16-11-21-44-26-30)24-33(23-31)41-46-39(27-12-6-4-7-13-27)45-40(47-41)28-14-8-5-9-15-28/h4-26H,1-2H3. The van der Waals surface area contributed by atoms with Crippen molar-refractivity contribution < 1.29 is 0 Å². The van der Waals surface area contributed by atoms with Crippen molar-refractivity contribution in [2.75, 3.05) is 0 Å². The Kier molecular flexibility index (Phi) is 6.78. The SMILES string of the molecule is [C-]#[N+]c1cccc2c1-c1ccc(-c3cc(-c4cccnc4)cc(-c4nc(-c5ccccc5)nc(-c5ccccc5)n4)c3)cc1C2(C)C. The smallest absolute Gasteiger partial charge is 0.195 e. The van der Waals surface area contributed by atoms with Gasteiger partial charge in [0.2, 0.25) is 0 Å². The molecule has 1 aliphatic rings. The van der Waals surface area contributed by atoms with Crippen LogP contribution in [0.5, 0.6) is 0 Å². The van der Waals surface area contributed by atoms with E-state index in [1.807, 2.05) is 85.1 Å². The van der Waals surface area contributed by atoms with Crippen molar-refractivity contribution in [3.63, 3.8) is 0 Å². The Morgan fingerprint density at radius 1 is 0.511 bits per heavy atom. The number of hydrogen-bond donors (Lipinski definition) is 0. The lowest BCUT2D eigenvalue weighted by Gasteiger charge is -2.22. The second-order valence-electron chi connectivity index (χ2n) is 12.3. The van der Waals surface area contributed by atoms with Gasteiger partial charge in [0.1, 0.15) is 0 Å². The van der Waals surface area contributed by atoms with E-state index in [2.05, 4.69) is 72.2 Å². The molecule has 47 heavy (non-hydrogen) atoms. The van der Waals surface area contributed by atoms with E-state index in [4.69, 9.17) is 21.5 Å². The molecule has 0 atom stereocenters. The van der Waals surface area contributed by atoms with E-state index in [9.17, 15) is 0 Å². The lowest BCUT2D eigenvalue weighted by molar-refractivity contribution is 0.661. The van der Waals surface area contributed by atoms with Gasteiger partial charge in [-0.05, 0) is 69.3 Å². The summed E-state index contributed by atoms with van der Waals surface area (Å²) in [7, 11) is 0. The van der Waals surface area contributed by atoms with Gasteiger partial charge < -0.3 is 0 Å². The minimum Gasteiger partial charge on any atom is -0.264 e. The van der Waals surface area contributed by atoms with E-state index in [1.54, 1.807) is 6.20 Å². The molecule has 0 spiro atoms. The van der Waals surface area contributed by atoms with Crippen molar-refractivity contribution in [2.24, 2.45) is 0 Å². The van der Waals surface area contributed by atoms with Gasteiger partial charge >= 0.3 is 0 Å². The molecule has 0 fully saturated rings. The monoisotopic (exact) mass is 603 g/mol. The van der Waals surface area contributed by atoms with E-state index >= 15 is 0 Å². The molecule has 0 N–H and O–H groups in total. The van der Waals surface area contributed by atoms with Crippen LogP contribution in [0.1, 0.15) is 25.0 Å². The minimum absolute atomic E-state index is 0.242. The summed E-state index contributed by atoms with van der Waals surface area (Å²) in [5.41, 5.74) is 11.9. The molecule has 1 aliphatic carbocycles. The molecule has 7 aromatic rings. The van der Waals surface area contributed by atoms with Crippen molar-refractivity contribution in [3.8, 4) is 67.5 Å². The predicted octanol–water partition coefficient (Wildman–Crippen LogP) is 10.5. The van der Waals surface area contributed by atoms with Crippen LogP contribution in [0.3, 0.4) is 0 Å². The Morgan fingerprint density at radius 2 is 1.11 bits per heavy atom. The first kappa shape index (κ1) is 28.2. The van der Waals surface area contributed by atoms with Crippen LogP contribution >= 0.6 is 0 Å². The van der Waals surface area contributed by atoms with Gasteiger partial charge in [-0.2, -0.15) is 0 Å². The third-order valence-corrected chi connectivity index (χ3v) is 9.02. The van der Waals surface area contributed by atoms with E-state index < -0.39 is 0 Å². The molecule has 0 bridgehead atoms. The summed E-state index contributed by atoms with van der Waals surface area (Å²) >= 11 is 0. The zero-order chi connectivity index (χ0) is 32.0. The Bertz CT molecular complexity index is 2260. The summed E-state index contributed by atoms with van der Waals surface area (Å²) in [5.74, 6) is 1.84. The fourth-order valence-corrected chi connectivity index (χ4v) is 6.60. The molecular formula is C42H29N5. The maximum absolute atomic E-state index is 7.81. The lowest BCUT2D eigenvalue weighted by atomic mass is 9.81. The van der Waals surface area contributed by atoms with Crippen molar-refractivity contribution in [3.05, 3.63) is 162 Å². The molecule has 0 unspecified atom stereocenters. The van der Waals surface area contributed by atoms with Gasteiger partial charge in [0.15, 0.2) is 23.2 Å². The summed E-state index contributed by atoms with van der Waals surface area (Å²) in [5, 5.41) is 0. The van der Waals surface area contributed by atoms with Gasteiger partial charge in [-0.25, -0.2) is 19.8 Å². The third-order valence-electron chi connectivity index (χ3n) is 9.02. The number of nitrogens with zero attached hydrogens (tertiary/aromatic N) is 5. The zero-order valence-corrected chi connectivity index (χ0v) is 26.0. The Morgan fingerprint density at radius 3 is 1.72 bits per heavy atom. The first-order chi connectivity index (χ1) is 23.0. The van der Waals surface area contributed by atoms with Crippen LogP contribution in [-0.4, -0.2) is 19.9 Å². The van der Waals surface area contributed by atoms with E-state index in [-0.39, 0.29) is 5.41 Å². The van der Waals surface area contributed by atoms with Crippen molar-refractivity contribution >= 4 is 5.69 Å².